The molecule has 4 rings (SSSR count). The molecule has 3 fully saturated rings. The van der Waals surface area contributed by atoms with E-state index in [-0.39, 0.29) is 30.4 Å². The lowest BCUT2D eigenvalue weighted by Gasteiger charge is -2.35. The van der Waals surface area contributed by atoms with Crippen molar-refractivity contribution in [3.63, 3.8) is 0 Å². The van der Waals surface area contributed by atoms with E-state index in [1.54, 1.807) is 17.0 Å². The van der Waals surface area contributed by atoms with Crippen LogP contribution in [-0.4, -0.2) is 65.9 Å². The van der Waals surface area contributed by atoms with Gasteiger partial charge in [-0.3, -0.25) is 14.5 Å². The number of hydrogen-bond acceptors (Lipinski definition) is 4. The van der Waals surface area contributed by atoms with Gasteiger partial charge in [-0.2, -0.15) is 0 Å². The minimum atomic E-state index is -0.230. The van der Waals surface area contributed by atoms with Crippen molar-refractivity contribution in [3.05, 3.63) is 30.3 Å². The Morgan fingerprint density at radius 1 is 1.04 bits per heavy atom. The largest absolute Gasteiger partial charge is 0.352 e. The molecule has 0 unspecified atom stereocenters. The molecule has 1 aromatic carbocycles. The molecule has 1 saturated carbocycles. The van der Waals surface area contributed by atoms with Gasteiger partial charge >= 0.3 is 6.03 Å². The summed E-state index contributed by atoms with van der Waals surface area (Å²) in [4.78, 5) is 42.1. The van der Waals surface area contributed by atoms with Gasteiger partial charge in [0.25, 0.3) is 5.91 Å². The first kappa shape index (κ1) is 17.0. The highest BCUT2D eigenvalue weighted by Crippen LogP contribution is 2.26. The average Bonchev–Trinajstić information content (AvgIpc) is 3.40. The third kappa shape index (κ3) is 3.58. The molecule has 7 heteroatoms. The Hall–Kier alpha value is -2.41. The highest BCUT2D eigenvalue weighted by Gasteiger charge is 2.41. The number of benzene rings is 1. The minimum Gasteiger partial charge on any atom is -0.352 e. The van der Waals surface area contributed by atoms with Crippen LogP contribution >= 0.6 is 0 Å². The highest BCUT2D eigenvalue weighted by molar-refractivity contribution is 6.19. The second kappa shape index (κ2) is 7.07. The van der Waals surface area contributed by atoms with Crippen LogP contribution in [0.4, 0.5) is 10.5 Å². The van der Waals surface area contributed by atoms with Crippen molar-refractivity contribution in [2.45, 2.75) is 37.8 Å². The zero-order chi connectivity index (χ0) is 18.1. The van der Waals surface area contributed by atoms with E-state index in [1.807, 2.05) is 18.2 Å². The number of rotatable bonds is 5. The molecule has 2 saturated heterocycles. The molecule has 2 aliphatic heterocycles. The van der Waals surface area contributed by atoms with Gasteiger partial charge in [0.2, 0.25) is 5.91 Å². The van der Waals surface area contributed by atoms with Crippen LogP contribution in [0.25, 0.3) is 0 Å². The Labute approximate surface area is 152 Å². The van der Waals surface area contributed by atoms with E-state index in [1.165, 1.54) is 4.90 Å². The Morgan fingerprint density at radius 2 is 1.73 bits per heavy atom. The number of imide groups is 1. The lowest BCUT2D eigenvalue weighted by atomic mass is 10.0. The third-order valence-electron chi connectivity index (χ3n) is 5.31. The lowest BCUT2D eigenvalue weighted by molar-refractivity contribution is -0.122. The van der Waals surface area contributed by atoms with Crippen LogP contribution < -0.4 is 10.2 Å². The van der Waals surface area contributed by atoms with Crippen molar-refractivity contribution in [1.29, 1.82) is 0 Å². The second-order valence-electron chi connectivity index (χ2n) is 7.32. The lowest BCUT2D eigenvalue weighted by Crippen LogP contribution is -2.48. The Balaban J connectivity index is 1.32. The monoisotopic (exact) mass is 356 g/mol. The number of urea groups is 1. The minimum absolute atomic E-state index is 0.0582. The van der Waals surface area contributed by atoms with Gasteiger partial charge in [0.1, 0.15) is 6.54 Å². The molecule has 1 aromatic rings. The van der Waals surface area contributed by atoms with Gasteiger partial charge in [-0.15, -0.1) is 0 Å². The van der Waals surface area contributed by atoms with Gasteiger partial charge in [-0.1, -0.05) is 18.2 Å². The zero-order valence-electron chi connectivity index (χ0n) is 14.8. The maximum absolute atomic E-state index is 12.8. The predicted octanol–water partition coefficient (Wildman–Crippen LogP) is 1.20. The first-order valence-electron chi connectivity index (χ1n) is 9.32. The molecule has 3 aliphatic rings. The Kier molecular flexibility index (Phi) is 4.63. The van der Waals surface area contributed by atoms with Gasteiger partial charge in [-0.25, -0.2) is 9.69 Å². The average molecular weight is 356 g/mol. The fourth-order valence-corrected chi connectivity index (χ4v) is 3.73. The molecule has 1 aliphatic carbocycles. The number of para-hydroxylation sites is 1. The predicted molar refractivity (Wildman–Crippen MR) is 96.7 cm³/mol. The summed E-state index contributed by atoms with van der Waals surface area (Å²) >= 11 is 0. The first-order valence-corrected chi connectivity index (χ1v) is 9.32. The van der Waals surface area contributed by atoms with Crippen LogP contribution in [0.15, 0.2) is 30.3 Å². The highest BCUT2D eigenvalue weighted by atomic mass is 16.2. The number of likely N-dealkylation sites (tertiary alicyclic amines) is 1. The first-order chi connectivity index (χ1) is 12.6. The van der Waals surface area contributed by atoms with Gasteiger partial charge < -0.3 is 10.2 Å². The number of amides is 4. The van der Waals surface area contributed by atoms with Gasteiger partial charge in [0, 0.05) is 25.2 Å². The maximum Gasteiger partial charge on any atom is 0.332 e. The third-order valence-corrected chi connectivity index (χ3v) is 5.31. The van der Waals surface area contributed by atoms with Gasteiger partial charge in [-0.05, 0) is 37.8 Å². The van der Waals surface area contributed by atoms with Crippen LogP contribution in [0.2, 0.25) is 0 Å². The van der Waals surface area contributed by atoms with Crippen molar-refractivity contribution >= 4 is 23.5 Å². The standard InChI is InChI=1S/C19H24N4O3/c24-17(20-14-6-7-14)12-21-10-8-15(9-11-21)22-13-18(25)23(19(22)26)16-4-2-1-3-5-16/h1-5,14-15H,6-13H2,(H,20,24). The summed E-state index contributed by atoms with van der Waals surface area (Å²) in [6.45, 7) is 2.10. The molecule has 0 radical (unpaired) electrons. The van der Waals surface area contributed by atoms with Crippen molar-refractivity contribution in [2.24, 2.45) is 0 Å². The number of hydrogen-bond donors (Lipinski definition) is 1. The number of nitrogens with zero attached hydrogens (tertiary/aromatic N) is 3. The molecule has 26 heavy (non-hydrogen) atoms. The van der Waals surface area contributed by atoms with Crippen LogP contribution in [0.3, 0.4) is 0 Å². The van der Waals surface area contributed by atoms with E-state index in [2.05, 4.69) is 10.2 Å². The van der Waals surface area contributed by atoms with Crippen LogP contribution in [0, 0.1) is 0 Å². The molecule has 0 atom stereocenters. The van der Waals surface area contributed by atoms with Crippen molar-refractivity contribution < 1.29 is 14.4 Å². The van der Waals surface area contributed by atoms with Crippen molar-refractivity contribution in [3.8, 4) is 0 Å². The van der Waals surface area contributed by atoms with Crippen LogP contribution in [0.1, 0.15) is 25.7 Å². The fraction of sp³-hybridized carbons (Fsp3) is 0.526. The normalized spacial score (nSPS) is 22.2. The summed E-state index contributed by atoms with van der Waals surface area (Å²) in [6, 6.07) is 9.28. The molecule has 0 aromatic heterocycles. The number of nitrogens with one attached hydrogen (secondary N) is 1. The topological polar surface area (TPSA) is 73.0 Å². The molecule has 4 amide bonds. The van der Waals surface area contributed by atoms with Crippen LogP contribution in [0.5, 0.6) is 0 Å². The number of piperidine rings is 1. The van der Waals surface area contributed by atoms with E-state index in [0.29, 0.717) is 18.3 Å². The molecular weight excluding hydrogens is 332 g/mol. The summed E-state index contributed by atoms with van der Waals surface area (Å²) in [6.07, 6.45) is 3.77. The fourth-order valence-electron chi connectivity index (χ4n) is 3.73. The van der Waals surface area contributed by atoms with E-state index in [4.69, 9.17) is 0 Å². The smallest absolute Gasteiger partial charge is 0.332 e. The van der Waals surface area contributed by atoms with Crippen molar-refractivity contribution in [2.75, 3.05) is 31.1 Å². The van der Waals surface area contributed by atoms with Gasteiger partial charge in [0.05, 0.1) is 12.2 Å². The summed E-state index contributed by atoms with van der Waals surface area (Å²) in [5.74, 6) is -0.0823. The van der Waals surface area contributed by atoms with Crippen molar-refractivity contribution in [1.82, 2.24) is 15.1 Å². The number of anilines is 1. The Bertz CT molecular complexity index is 696. The number of carbonyl (C=O) groups excluding carboxylic acids is 3. The second-order valence-corrected chi connectivity index (χ2v) is 7.32. The maximum atomic E-state index is 12.8. The molecule has 0 spiro atoms. The Morgan fingerprint density at radius 3 is 2.38 bits per heavy atom. The molecule has 138 valence electrons. The molecule has 1 N–H and O–H groups in total. The molecule has 7 nitrogen and oxygen atoms in total. The summed E-state index contributed by atoms with van der Waals surface area (Å²) < 4.78 is 0. The summed E-state index contributed by atoms with van der Waals surface area (Å²) in [5.41, 5.74) is 0.624. The summed E-state index contributed by atoms with van der Waals surface area (Å²) in [5, 5.41) is 3.01. The van der Waals surface area contributed by atoms with E-state index in [0.717, 1.165) is 38.8 Å². The van der Waals surface area contributed by atoms with Gasteiger partial charge in [0.15, 0.2) is 0 Å². The van der Waals surface area contributed by atoms with E-state index in [9.17, 15) is 14.4 Å². The van der Waals surface area contributed by atoms with Crippen LogP contribution in [-0.2, 0) is 9.59 Å². The zero-order valence-corrected chi connectivity index (χ0v) is 14.8. The SMILES string of the molecule is O=C(CN1CCC(N2CC(=O)N(c3ccccc3)C2=O)CC1)NC1CC1. The van der Waals surface area contributed by atoms with E-state index >= 15 is 0 Å². The molecule has 0 bridgehead atoms. The number of carbonyl (C=O) groups is 3. The molecule has 2 heterocycles. The van der Waals surface area contributed by atoms with E-state index < -0.39 is 0 Å². The molecular formula is C19H24N4O3. The summed E-state index contributed by atoms with van der Waals surface area (Å²) in [7, 11) is 0. The quantitative estimate of drug-likeness (QED) is 0.805.